The SMILES string of the molecule is CCC1C[B]C(C(C)(C)[B]C(C)(C(C)OCCO)C2SC=C3OCCOC32)[C@@H](C)C1OCCO. The molecule has 2 fully saturated rings. The maximum atomic E-state index is 9.42. The summed E-state index contributed by atoms with van der Waals surface area (Å²) in [5.74, 6) is 2.06. The van der Waals surface area contributed by atoms with Crippen LogP contribution in [-0.2, 0) is 18.9 Å². The van der Waals surface area contributed by atoms with Crippen molar-refractivity contribution in [3.05, 3.63) is 11.2 Å². The molecule has 0 aromatic carbocycles. The Bertz CT molecular complexity index is 680. The fourth-order valence-corrected chi connectivity index (χ4v) is 7.81. The number of aliphatic hydroxyl groups is 2. The summed E-state index contributed by atoms with van der Waals surface area (Å²) >= 11 is 1.77. The molecule has 2 N–H and O–H groups in total. The summed E-state index contributed by atoms with van der Waals surface area (Å²) in [6.45, 7) is 15.5. The molecule has 2 radical (unpaired) electrons. The van der Waals surface area contributed by atoms with Crippen molar-refractivity contribution in [2.45, 2.75) is 94.3 Å². The van der Waals surface area contributed by atoms with Gasteiger partial charge >= 0.3 is 0 Å². The lowest BCUT2D eigenvalue weighted by atomic mass is 9.28. The molecular formula is C25H44B2O6S. The van der Waals surface area contributed by atoms with E-state index in [0.717, 1.165) is 18.5 Å². The summed E-state index contributed by atoms with van der Waals surface area (Å²) in [5.41, 5.74) is 0. The van der Waals surface area contributed by atoms with Crippen LogP contribution in [0.1, 0.15) is 48.0 Å². The second-order valence-corrected chi connectivity index (χ2v) is 11.9. The van der Waals surface area contributed by atoms with E-state index < -0.39 is 0 Å². The highest BCUT2D eigenvalue weighted by molar-refractivity contribution is 8.03. The monoisotopic (exact) mass is 494 g/mol. The van der Waals surface area contributed by atoms with Gasteiger partial charge in [-0.05, 0) is 24.1 Å². The Labute approximate surface area is 212 Å². The van der Waals surface area contributed by atoms with Gasteiger partial charge in [-0.3, -0.25) is 0 Å². The minimum atomic E-state index is -0.330. The lowest BCUT2D eigenvalue weighted by Crippen LogP contribution is -2.51. The van der Waals surface area contributed by atoms with Crippen LogP contribution in [0.5, 0.6) is 0 Å². The van der Waals surface area contributed by atoms with Gasteiger partial charge in [0.15, 0.2) is 0 Å². The molecule has 0 aromatic heterocycles. The van der Waals surface area contributed by atoms with Gasteiger partial charge in [0.1, 0.15) is 33.0 Å². The molecule has 34 heavy (non-hydrogen) atoms. The fraction of sp³-hybridized carbons (Fsp3) is 0.920. The number of aliphatic hydroxyl groups excluding tert-OH is 2. The number of hydrogen-bond acceptors (Lipinski definition) is 7. The zero-order valence-corrected chi connectivity index (χ0v) is 22.7. The van der Waals surface area contributed by atoms with E-state index in [1.807, 2.05) is 0 Å². The molecule has 3 heterocycles. The summed E-state index contributed by atoms with van der Waals surface area (Å²) in [5, 5.41) is 20.6. The molecular weight excluding hydrogens is 450 g/mol. The number of ether oxygens (including phenoxy) is 4. The van der Waals surface area contributed by atoms with Crippen molar-refractivity contribution in [1.29, 1.82) is 0 Å². The zero-order chi connectivity index (χ0) is 24.9. The van der Waals surface area contributed by atoms with Crippen LogP contribution in [0.25, 0.3) is 0 Å². The van der Waals surface area contributed by atoms with E-state index in [-0.39, 0.29) is 47.4 Å². The van der Waals surface area contributed by atoms with Crippen LogP contribution in [0.2, 0.25) is 22.8 Å². The summed E-state index contributed by atoms with van der Waals surface area (Å²) in [4.78, 5) is 0. The van der Waals surface area contributed by atoms with Crippen LogP contribution >= 0.6 is 11.8 Å². The predicted octanol–water partition coefficient (Wildman–Crippen LogP) is 3.80. The second kappa shape index (κ2) is 12.4. The number of thioether (sulfide) groups is 1. The van der Waals surface area contributed by atoms with Crippen molar-refractivity contribution in [3.63, 3.8) is 0 Å². The molecule has 9 heteroatoms. The molecule has 0 saturated carbocycles. The van der Waals surface area contributed by atoms with E-state index in [4.69, 9.17) is 18.9 Å². The van der Waals surface area contributed by atoms with Gasteiger partial charge in [-0.1, -0.05) is 58.5 Å². The van der Waals surface area contributed by atoms with E-state index in [2.05, 4.69) is 61.5 Å². The van der Waals surface area contributed by atoms with Gasteiger partial charge in [-0.15, -0.1) is 11.8 Å². The van der Waals surface area contributed by atoms with Crippen LogP contribution < -0.4 is 0 Å². The first-order valence-electron chi connectivity index (χ1n) is 12.9. The summed E-state index contributed by atoms with van der Waals surface area (Å²) in [6.07, 6.45) is 2.03. The molecule has 192 valence electrons. The minimum absolute atomic E-state index is 0.00385. The van der Waals surface area contributed by atoms with Crippen LogP contribution in [0, 0.1) is 11.8 Å². The van der Waals surface area contributed by atoms with Crippen molar-refractivity contribution in [2.24, 2.45) is 11.8 Å². The molecule has 0 spiro atoms. The maximum Gasteiger partial charge on any atom is 0.132 e. The molecule has 0 bridgehead atoms. The molecule has 3 rings (SSSR count). The van der Waals surface area contributed by atoms with Gasteiger partial charge in [-0.25, -0.2) is 0 Å². The van der Waals surface area contributed by atoms with E-state index in [9.17, 15) is 10.2 Å². The van der Waals surface area contributed by atoms with Crippen molar-refractivity contribution in [1.82, 2.24) is 0 Å². The van der Waals surface area contributed by atoms with Gasteiger partial charge < -0.3 is 29.2 Å². The Kier molecular flexibility index (Phi) is 10.3. The minimum Gasteiger partial charge on any atom is -0.492 e. The second-order valence-electron chi connectivity index (χ2n) is 10.9. The topological polar surface area (TPSA) is 77.4 Å². The van der Waals surface area contributed by atoms with Crippen molar-refractivity contribution < 1.29 is 29.2 Å². The van der Waals surface area contributed by atoms with E-state index in [1.165, 1.54) is 0 Å². The standard InChI is InChI=1S/C25H44B2O6S/c1-7-18-14-26-22(16(2)20(18)32-11-9-29)24(4,5)27-25(6,17(3)30-10-8-28)23-21-19(15-34-23)31-12-13-33-21/h15-18,20-23,28-29H,7-14H2,1-6H3/t16-,17?,18?,20?,21?,22?,23?,25?/m0/s1. The third kappa shape index (κ3) is 6.03. The molecule has 0 amide bonds. The normalized spacial score (nSPS) is 34.3. The molecule has 2 saturated heterocycles. The quantitative estimate of drug-likeness (QED) is 0.400. The highest BCUT2D eigenvalue weighted by Gasteiger charge is 2.54. The highest BCUT2D eigenvalue weighted by Crippen LogP contribution is 2.58. The molecule has 8 atom stereocenters. The average Bonchev–Trinajstić information content (AvgIpc) is 3.25. The third-order valence-corrected chi connectivity index (χ3v) is 9.61. The first-order chi connectivity index (χ1) is 16.2. The van der Waals surface area contributed by atoms with Gasteiger partial charge in [0.2, 0.25) is 0 Å². The first kappa shape index (κ1) is 28.4. The summed E-state index contributed by atoms with van der Waals surface area (Å²) in [7, 11) is 4.99. The molecule has 0 aliphatic carbocycles. The average molecular weight is 494 g/mol. The van der Waals surface area contributed by atoms with Gasteiger partial charge in [0.05, 0.1) is 45.2 Å². The lowest BCUT2D eigenvalue weighted by molar-refractivity contribution is -0.0560. The largest absolute Gasteiger partial charge is 0.492 e. The van der Waals surface area contributed by atoms with Crippen LogP contribution in [-0.4, -0.2) is 88.0 Å². The molecule has 3 aliphatic rings. The predicted molar refractivity (Wildman–Crippen MR) is 140 cm³/mol. The van der Waals surface area contributed by atoms with E-state index in [1.54, 1.807) is 11.8 Å². The Morgan fingerprint density at radius 1 is 1.24 bits per heavy atom. The van der Waals surface area contributed by atoms with Gasteiger partial charge in [0, 0.05) is 10.7 Å². The number of rotatable bonds is 12. The fourth-order valence-electron chi connectivity index (χ4n) is 6.42. The Balaban J connectivity index is 1.84. The maximum absolute atomic E-state index is 9.42. The third-order valence-electron chi connectivity index (χ3n) is 8.19. The molecule has 0 aromatic rings. The van der Waals surface area contributed by atoms with Gasteiger partial charge in [-0.2, -0.15) is 0 Å². The molecule has 3 aliphatic heterocycles. The Morgan fingerprint density at radius 3 is 2.65 bits per heavy atom. The molecule has 6 nitrogen and oxygen atoms in total. The van der Waals surface area contributed by atoms with Crippen LogP contribution in [0.4, 0.5) is 0 Å². The van der Waals surface area contributed by atoms with E-state index in [0.29, 0.717) is 44.1 Å². The van der Waals surface area contributed by atoms with Crippen molar-refractivity contribution in [2.75, 3.05) is 39.6 Å². The summed E-state index contributed by atoms with van der Waals surface area (Å²) < 4.78 is 24.4. The van der Waals surface area contributed by atoms with Crippen LogP contribution in [0.15, 0.2) is 11.2 Å². The highest BCUT2D eigenvalue weighted by atomic mass is 32.2. The van der Waals surface area contributed by atoms with Crippen LogP contribution in [0.3, 0.4) is 0 Å². The first-order valence-corrected chi connectivity index (χ1v) is 13.9. The van der Waals surface area contributed by atoms with Gasteiger partial charge in [0.25, 0.3) is 0 Å². The summed E-state index contributed by atoms with van der Waals surface area (Å²) in [6, 6.07) is 0. The van der Waals surface area contributed by atoms with Crippen molar-refractivity contribution >= 4 is 26.3 Å². The van der Waals surface area contributed by atoms with E-state index >= 15 is 0 Å². The lowest BCUT2D eigenvalue weighted by Gasteiger charge is -2.52. The Hall–Kier alpha value is -0.180. The number of hydrogen-bond donors (Lipinski definition) is 2. The van der Waals surface area contributed by atoms with Crippen molar-refractivity contribution in [3.8, 4) is 0 Å². The zero-order valence-electron chi connectivity index (χ0n) is 21.9. The number of fused-ring (bicyclic) bond motifs is 1. The smallest absolute Gasteiger partial charge is 0.132 e. The molecule has 7 unspecified atom stereocenters. The Morgan fingerprint density at radius 2 is 1.97 bits per heavy atom.